The molecule has 1 saturated carbocycles. The summed E-state index contributed by atoms with van der Waals surface area (Å²) < 4.78 is 0. The van der Waals surface area contributed by atoms with Crippen LogP contribution in [0, 0.1) is 11.8 Å². The van der Waals surface area contributed by atoms with Gasteiger partial charge in [0.25, 0.3) is 0 Å². The summed E-state index contributed by atoms with van der Waals surface area (Å²) in [5.74, 6) is 7.81. The summed E-state index contributed by atoms with van der Waals surface area (Å²) >= 11 is 2.02. The molecule has 0 radical (unpaired) electrons. The molecule has 17 heavy (non-hydrogen) atoms. The molecule has 5 heteroatoms. The van der Waals surface area contributed by atoms with E-state index in [2.05, 4.69) is 5.43 Å². The lowest BCUT2D eigenvalue weighted by molar-refractivity contribution is -0.121. The number of amides is 1. The zero-order valence-corrected chi connectivity index (χ0v) is 10.8. The molecule has 0 spiro atoms. The second kappa shape index (κ2) is 5.87. The highest BCUT2D eigenvalue weighted by Crippen LogP contribution is 2.47. The van der Waals surface area contributed by atoms with E-state index in [0.29, 0.717) is 29.3 Å². The van der Waals surface area contributed by atoms with E-state index in [9.17, 15) is 9.59 Å². The van der Waals surface area contributed by atoms with Gasteiger partial charge in [-0.3, -0.25) is 15.0 Å². The quantitative estimate of drug-likeness (QED) is 0.336. The Balaban J connectivity index is 1.66. The van der Waals surface area contributed by atoms with Crippen molar-refractivity contribution in [3.63, 3.8) is 0 Å². The number of rotatable bonds is 5. The van der Waals surface area contributed by atoms with Gasteiger partial charge in [-0.2, -0.15) is 11.8 Å². The van der Waals surface area contributed by atoms with Crippen LogP contribution in [0.3, 0.4) is 0 Å². The van der Waals surface area contributed by atoms with Crippen molar-refractivity contribution in [2.45, 2.75) is 43.8 Å². The number of nitrogens with one attached hydrogen (secondary N) is 1. The average molecular weight is 256 g/mol. The molecule has 0 unspecified atom stereocenters. The standard InChI is InChI=1S/C12H20N2O2S/c13-14-12(16)4-2-1-3-11-10-6-9(15)5-8(10)7-17-11/h8,10-11H,1-7,13H2,(H,14,16)/t8-,10-,11-/m0/s1. The minimum atomic E-state index is -0.0852. The molecule has 0 aromatic heterocycles. The van der Waals surface area contributed by atoms with Crippen LogP contribution in [0.25, 0.3) is 0 Å². The van der Waals surface area contributed by atoms with E-state index >= 15 is 0 Å². The van der Waals surface area contributed by atoms with E-state index in [1.807, 2.05) is 11.8 Å². The molecule has 3 atom stereocenters. The molecule has 0 aromatic carbocycles. The van der Waals surface area contributed by atoms with Crippen molar-refractivity contribution in [3.05, 3.63) is 0 Å². The molecule has 1 aliphatic carbocycles. The zero-order valence-electron chi connectivity index (χ0n) is 9.98. The summed E-state index contributed by atoms with van der Waals surface area (Å²) in [7, 11) is 0. The number of carbonyl (C=O) groups excluding carboxylic acids is 2. The molecular weight excluding hydrogens is 236 g/mol. The van der Waals surface area contributed by atoms with E-state index < -0.39 is 0 Å². The first-order valence-corrected chi connectivity index (χ1v) is 7.38. The van der Waals surface area contributed by atoms with Gasteiger partial charge in [-0.25, -0.2) is 5.84 Å². The molecule has 0 aromatic rings. The molecule has 96 valence electrons. The minimum absolute atomic E-state index is 0.0852. The van der Waals surface area contributed by atoms with Crippen molar-refractivity contribution in [3.8, 4) is 0 Å². The first kappa shape index (κ1) is 12.9. The summed E-state index contributed by atoms with van der Waals surface area (Å²) in [6, 6.07) is 0. The Labute approximate surface area is 106 Å². The van der Waals surface area contributed by atoms with Crippen LogP contribution in [0.4, 0.5) is 0 Å². The molecule has 2 fully saturated rings. The predicted molar refractivity (Wildman–Crippen MR) is 68.3 cm³/mol. The van der Waals surface area contributed by atoms with Crippen LogP contribution in [-0.2, 0) is 9.59 Å². The summed E-state index contributed by atoms with van der Waals surface area (Å²) in [5.41, 5.74) is 2.15. The fourth-order valence-corrected chi connectivity index (χ4v) is 4.70. The number of hydrogen-bond donors (Lipinski definition) is 2. The number of hydrazine groups is 1. The van der Waals surface area contributed by atoms with Gasteiger partial charge in [-0.15, -0.1) is 0 Å². The lowest BCUT2D eigenvalue weighted by atomic mass is 9.92. The number of thioether (sulfide) groups is 1. The number of ketones is 1. The highest BCUT2D eigenvalue weighted by atomic mass is 32.2. The van der Waals surface area contributed by atoms with Crippen molar-refractivity contribution in [1.29, 1.82) is 0 Å². The smallest absolute Gasteiger partial charge is 0.233 e. The van der Waals surface area contributed by atoms with Gasteiger partial charge in [0.15, 0.2) is 0 Å². The lowest BCUT2D eigenvalue weighted by Crippen LogP contribution is -2.29. The van der Waals surface area contributed by atoms with Crippen LogP contribution in [0.2, 0.25) is 0 Å². The number of carbonyl (C=O) groups is 2. The van der Waals surface area contributed by atoms with Crippen LogP contribution in [0.5, 0.6) is 0 Å². The number of unbranched alkanes of at least 4 members (excludes halogenated alkanes) is 1. The van der Waals surface area contributed by atoms with Crippen LogP contribution in [0.1, 0.15) is 38.5 Å². The van der Waals surface area contributed by atoms with Crippen LogP contribution < -0.4 is 11.3 Å². The molecule has 1 saturated heterocycles. The largest absolute Gasteiger partial charge is 0.300 e. The van der Waals surface area contributed by atoms with Gasteiger partial charge in [-0.05, 0) is 30.4 Å². The molecule has 1 heterocycles. The lowest BCUT2D eigenvalue weighted by Gasteiger charge is -2.16. The van der Waals surface area contributed by atoms with Crippen molar-refractivity contribution in [1.82, 2.24) is 5.43 Å². The van der Waals surface area contributed by atoms with Gasteiger partial charge in [0, 0.05) is 24.5 Å². The number of hydrogen-bond acceptors (Lipinski definition) is 4. The average Bonchev–Trinajstić information content (AvgIpc) is 2.84. The summed E-state index contributed by atoms with van der Waals surface area (Å²) in [6.45, 7) is 0. The minimum Gasteiger partial charge on any atom is -0.300 e. The summed E-state index contributed by atoms with van der Waals surface area (Å²) in [4.78, 5) is 22.3. The molecule has 0 bridgehead atoms. The Morgan fingerprint density at radius 2 is 2.24 bits per heavy atom. The van der Waals surface area contributed by atoms with Gasteiger partial charge in [0.05, 0.1) is 0 Å². The highest BCUT2D eigenvalue weighted by molar-refractivity contribution is 8.00. The van der Waals surface area contributed by atoms with Crippen LogP contribution in [0.15, 0.2) is 0 Å². The fourth-order valence-electron chi connectivity index (χ4n) is 2.95. The van der Waals surface area contributed by atoms with Crippen molar-refractivity contribution < 1.29 is 9.59 Å². The van der Waals surface area contributed by atoms with Gasteiger partial charge in [0.1, 0.15) is 5.78 Å². The maximum absolute atomic E-state index is 11.4. The van der Waals surface area contributed by atoms with Gasteiger partial charge >= 0.3 is 0 Å². The Morgan fingerprint density at radius 3 is 3.00 bits per heavy atom. The molecule has 2 aliphatic rings. The third-order valence-corrected chi connectivity index (χ3v) is 5.50. The molecule has 1 aliphatic heterocycles. The summed E-state index contributed by atoms with van der Waals surface area (Å²) in [6.07, 6.45) is 5.21. The molecule has 3 N–H and O–H groups in total. The molecule has 4 nitrogen and oxygen atoms in total. The van der Waals surface area contributed by atoms with Gasteiger partial charge < -0.3 is 0 Å². The van der Waals surface area contributed by atoms with Gasteiger partial charge in [-0.1, -0.05) is 6.42 Å². The summed E-state index contributed by atoms with van der Waals surface area (Å²) in [5, 5.41) is 0.646. The van der Waals surface area contributed by atoms with Crippen LogP contribution in [-0.4, -0.2) is 22.7 Å². The Kier molecular flexibility index (Phi) is 4.45. The Hall–Kier alpha value is -0.550. The first-order chi connectivity index (χ1) is 8.20. The monoisotopic (exact) mass is 256 g/mol. The normalized spacial score (nSPS) is 31.6. The van der Waals surface area contributed by atoms with Crippen molar-refractivity contribution in [2.24, 2.45) is 17.7 Å². The van der Waals surface area contributed by atoms with E-state index in [0.717, 1.165) is 37.9 Å². The topological polar surface area (TPSA) is 72.2 Å². The maximum Gasteiger partial charge on any atom is 0.233 e. The zero-order chi connectivity index (χ0) is 12.3. The third-order valence-electron chi connectivity index (χ3n) is 3.86. The van der Waals surface area contributed by atoms with E-state index in [4.69, 9.17) is 5.84 Å². The first-order valence-electron chi connectivity index (χ1n) is 6.33. The number of Topliss-reactive ketones (excluding diaryl/α,β-unsaturated/α-hetero) is 1. The Morgan fingerprint density at radius 1 is 1.41 bits per heavy atom. The third kappa shape index (κ3) is 3.22. The Bertz CT molecular complexity index is 309. The van der Waals surface area contributed by atoms with Crippen molar-refractivity contribution in [2.75, 3.05) is 5.75 Å². The van der Waals surface area contributed by atoms with Gasteiger partial charge in [0.2, 0.25) is 5.91 Å². The van der Waals surface area contributed by atoms with E-state index in [-0.39, 0.29) is 5.91 Å². The van der Waals surface area contributed by atoms with E-state index in [1.54, 1.807) is 0 Å². The number of nitrogens with two attached hydrogens (primary N) is 1. The highest BCUT2D eigenvalue weighted by Gasteiger charge is 2.42. The van der Waals surface area contributed by atoms with Crippen molar-refractivity contribution >= 4 is 23.5 Å². The second-order valence-electron chi connectivity index (χ2n) is 5.06. The predicted octanol–water partition coefficient (Wildman–Crippen LogP) is 1.25. The molecule has 2 rings (SSSR count). The number of fused-ring (bicyclic) bond motifs is 1. The van der Waals surface area contributed by atoms with Crippen LogP contribution >= 0.6 is 11.8 Å². The molecular formula is C12H20N2O2S. The maximum atomic E-state index is 11.4. The molecule has 1 amide bonds. The van der Waals surface area contributed by atoms with E-state index in [1.165, 1.54) is 0 Å². The fraction of sp³-hybridized carbons (Fsp3) is 0.833. The SMILES string of the molecule is NNC(=O)CCCC[C@@H]1SC[C@@H]2CC(=O)C[C@@H]21. The second-order valence-corrected chi connectivity index (χ2v) is 6.33.